The summed E-state index contributed by atoms with van der Waals surface area (Å²) in [6.45, 7) is 4.00. The number of aliphatic hydroxyl groups is 1. The first-order valence-corrected chi connectivity index (χ1v) is 6.09. The molecule has 0 spiro atoms. The van der Waals surface area contributed by atoms with Crippen LogP contribution in [0.2, 0.25) is 0 Å². The molecule has 4 heteroatoms. The Morgan fingerprint density at radius 2 is 2.31 bits per heavy atom. The molecular formula is C12H21N3O. The summed E-state index contributed by atoms with van der Waals surface area (Å²) in [7, 11) is 1.99. The van der Waals surface area contributed by atoms with Crippen LogP contribution in [0.5, 0.6) is 0 Å². The van der Waals surface area contributed by atoms with Gasteiger partial charge in [-0.1, -0.05) is 6.92 Å². The standard InChI is InChI=1S/C12H21N3O/c1-3-10-6-11(15(2)14-10)8-13-7-9-4-12(16)5-9/h6,9,12-13,16H,3-5,7-8H2,1-2H3. The molecule has 0 aliphatic heterocycles. The zero-order chi connectivity index (χ0) is 11.5. The van der Waals surface area contributed by atoms with E-state index in [1.54, 1.807) is 0 Å². The maximum atomic E-state index is 9.17. The maximum Gasteiger partial charge on any atom is 0.0625 e. The minimum Gasteiger partial charge on any atom is -0.393 e. The van der Waals surface area contributed by atoms with Crippen LogP contribution in [-0.2, 0) is 20.0 Å². The predicted molar refractivity (Wildman–Crippen MR) is 63.0 cm³/mol. The third-order valence-corrected chi connectivity index (χ3v) is 3.34. The van der Waals surface area contributed by atoms with E-state index in [0.29, 0.717) is 5.92 Å². The Morgan fingerprint density at radius 3 is 2.88 bits per heavy atom. The van der Waals surface area contributed by atoms with E-state index < -0.39 is 0 Å². The molecule has 1 aromatic rings. The van der Waals surface area contributed by atoms with Crippen LogP contribution in [0.1, 0.15) is 31.2 Å². The van der Waals surface area contributed by atoms with E-state index >= 15 is 0 Å². The number of rotatable bonds is 5. The van der Waals surface area contributed by atoms with Gasteiger partial charge in [-0.2, -0.15) is 5.10 Å². The minimum atomic E-state index is -0.0461. The van der Waals surface area contributed by atoms with E-state index in [1.165, 1.54) is 5.69 Å². The Morgan fingerprint density at radius 1 is 1.56 bits per heavy atom. The molecule has 1 heterocycles. The quantitative estimate of drug-likeness (QED) is 0.778. The first kappa shape index (κ1) is 11.6. The summed E-state index contributed by atoms with van der Waals surface area (Å²) in [6, 6.07) is 2.16. The summed E-state index contributed by atoms with van der Waals surface area (Å²) in [5, 5.41) is 17.0. The summed E-state index contributed by atoms with van der Waals surface area (Å²) < 4.78 is 1.95. The largest absolute Gasteiger partial charge is 0.393 e. The van der Waals surface area contributed by atoms with Crippen LogP contribution in [0.25, 0.3) is 0 Å². The van der Waals surface area contributed by atoms with Gasteiger partial charge >= 0.3 is 0 Å². The van der Waals surface area contributed by atoms with Crippen LogP contribution in [0, 0.1) is 5.92 Å². The topological polar surface area (TPSA) is 50.1 Å². The van der Waals surface area contributed by atoms with Crippen molar-refractivity contribution in [3.63, 3.8) is 0 Å². The Hall–Kier alpha value is -0.870. The van der Waals surface area contributed by atoms with Gasteiger partial charge in [-0.25, -0.2) is 0 Å². The summed E-state index contributed by atoms with van der Waals surface area (Å²) in [4.78, 5) is 0. The van der Waals surface area contributed by atoms with Gasteiger partial charge < -0.3 is 10.4 Å². The highest BCUT2D eigenvalue weighted by Gasteiger charge is 2.26. The van der Waals surface area contributed by atoms with Crippen LogP contribution < -0.4 is 5.32 Å². The SMILES string of the molecule is CCc1cc(CNCC2CC(O)C2)n(C)n1. The summed E-state index contributed by atoms with van der Waals surface area (Å²) in [5.74, 6) is 0.661. The first-order valence-electron chi connectivity index (χ1n) is 6.09. The predicted octanol–water partition coefficient (Wildman–Crippen LogP) is 0.843. The van der Waals surface area contributed by atoms with Gasteiger partial charge in [-0.05, 0) is 37.8 Å². The average molecular weight is 223 g/mol. The first-order chi connectivity index (χ1) is 7.69. The third-order valence-electron chi connectivity index (χ3n) is 3.34. The fraction of sp³-hybridized carbons (Fsp3) is 0.750. The van der Waals surface area contributed by atoms with Gasteiger partial charge in [0.25, 0.3) is 0 Å². The fourth-order valence-corrected chi connectivity index (χ4v) is 2.18. The zero-order valence-corrected chi connectivity index (χ0v) is 10.1. The number of aliphatic hydroxyl groups excluding tert-OH is 1. The lowest BCUT2D eigenvalue weighted by Gasteiger charge is -2.31. The monoisotopic (exact) mass is 223 g/mol. The van der Waals surface area contributed by atoms with Crippen LogP contribution >= 0.6 is 0 Å². The van der Waals surface area contributed by atoms with E-state index in [0.717, 1.165) is 38.0 Å². The van der Waals surface area contributed by atoms with Crippen molar-refractivity contribution in [2.24, 2.45) is 13.0 Å². The molecule has 0 amide bonds. The highest BCUT2D eigenvalue weighted by Crippen LogP contribution is 2.26. The van der Waals surface area contributed by atoms with Gasteiger partial charge in [-0.15, -0.1) is 0 Å². The molecular weight excluding hydrogens is 202 g/mol. The van der Waals surface area contributed by atoms with E-state index in [-0.39, 0.29) is 6.10 Å². The molecule has 0 radical (unpaired) electrons. The lowest BCUT2D eigenvalue weighted by atomic mass is 9.82. The smallest absolute Gasteiger partial charge is 0.0625 e. The molecule has 0 atom stereocenters. The van der Waals surface area contributed by atoms with E-state index in [1.807, 2.05) is 11.7 Å². The van der Waals surface area contributed by atoms with Crippen molar-refractivity contribution in [3.8, 4) is 0 Å². The van der Waals surface area contributed by atoms with Gasteiger partial charge in [-0.3, -0.25) is 4.68 Å². The normalized spacial score (nSPS) is 24.4. The molecule has 0 bridgehead atoms. The van der Waals surface area contributed by atoms with Gasteiger partial charge in [0.1, 0.15) is 0 Å². The molecule has 2 N–H and O–H groups in total. The number of hydrogen-bond donors (Lipinski definition) is 2. The molecule has 16 heavy (non-hydrogen) atoms. The Labute approximate surface area is 96.7 Å². The van der Waals surface area contributed by atoms with Gasteiger partial charge in [0, 0.05) is 13.6 Å². The Balaban J connectivity index is 1.74. The third kappa shape index (κ3) is 2.62. The van der Waals surface area contributed by atoms with Crippen molar-refractivity contribution in [1.82, 2.24) is 15.1 Å². The van der Waals surface area contributed by atoms with Crippen molar-refractivity contribution >= 4 is 0 Å². The molecule has 1 aliphatic rings. The minimum absolute atomic E-state index is 0.0461. The molecule has 1 aromatic heterocycles. The number of nitrogens with one attached hydrogen (secondary N) is 1. The van der Waals surface area contributed by atoms with Crippen LogP contribution in [-0.4, -0.2) is 27.5 Å². The van der Waals surface area contributed by atoms with Crippen LogP contribution in [0.15, 0.2) is 6.07 Å². The highest BCUT2D eigenvalue weighted by atomic mass is 16.3. The Kier molecular flexibility index (Phi) is 3.61. The molecule has 0 unspecified atom stereocenters. The second-order valence-corrected chi connectivity index (χ2v) is 4.73. The number of hydrogen-bond acceptors (Lipinski definition) is 3. The van der Waals surface area contributed by atoms with Gasteiger partial charge in [0.15, 0.2) is 0 Å². The zero-order valence-electron chi connectivity index (χ0n) is 10.1. The number of aryl methyl sites for hydroxylation is 2. The van der Waals surface area contributed by atoms with Crippen LogP contribution in [0.4, 0.5) is 0 Å². The molecule has 4 nitrogen and oxygen atoms in total. The van der Waals surface area contributed by atoms with Crippen molar-refractivity contribution in [3.05, 3.63) is 17.5 Å². The molecule has 0 saturated heterocycles. The molecule has 2 rings (SSSR count). The summed E-state index contributed by atoms with van der Waals surface area (Å²) in [6.07, 6.45) is 2.86. The van der Waals surface area contributed by atoms with Crippen molar-refractivity contribution in [1.29, 1.82) is 0 Å². The second-order valence-electron chi connectivity index (χ2n) is 4.73. The maximum absolute atomic E-state index is 9.17. The van der Waals surface area contributed by atoms with Gasteiger partial charge in [0.05, 0.1) is 17.5 Å². The van der Waals surface area contributed by atoms with E-state index in [9.17, 15) is 5.11 Å². The summed E-state index contributed by atoms with van der Waals surface area (Å²) in [5.41, 5.74) is 2.38. The number of aromatic nitrogens is 2. The molecule has 90 valence electrons. The van der Waals surface area contributed by atoms with E-state index in [2.05, 4.69) is 23.4 Å². The van der Waals surface area contributed by atoms with Crippen molar-refractivity contribution in [2.75, 3.05) is 6.54 Å². The lowest BCUT2D eigenvalue weighted by Crippen LogP contribution is -2.36. The van der Waals surface area contributed by atoms with Crippen molar-refractivity contribution < 1.29 is 5.11 Å². The Bertz CT molecular complexity index is 342. The molecule has 1 fully saturated rings. The lowest BCUT2D eigenvalue weighted by molar-refractivity contribution is 0.0429. The highest BCUT2D eigenvalue weighted by molar-refractivity contribution is 5.09. The second kappa shape index (κ2) is 4.97. The molecule has 1 saturated carbocycles. The van der Waals surface area contributed by atoms with Crippen LogP contribution in [0.3, 0.4) is 0 Å². The van der Waals surface area contributed by atoms with E-state index in [4.69, 9.17) is 0 Å². The molecule has 0 aromatic carbocycles. The summed E-state index contributed by atoms with van der Waals surface area (Å²) >= 11 is 0. The average Bonchev–Trinajstić information content (AvgIpc) is 2.57. The van der Waals surface area contributed by atoms with Gasteiger partial charge in [0.2, 0.25) is 0 Å². The van der Waals surface area contributed by atoms with Crippen molar-refractivity contribution in [2.45, 2.75) is 38.8 Å². The molecule has 1 aliphatic carbocycles. The number of nitrogens with zero attached hydrogens (tertiary/aromatic N) is 2. The fourth-order valence-electron chi connectivity index (χ4n) is 2.18.